The minimum Gasteiger partial charge on any atom is -0.488 e. The Morgan fingerprint density at radius 1 is 1.00 bits per heavy atom. The van der Waals surface area contributed by atoms with Gasteiger partial charge in [-0.3, -0.25) is 4.79 Å². The molecule has 0 amide bonds. The molecule has 180 valence electrons. The van der Waals surface area contributed by atoms with E-state index in [1.54, 1.807) is 12.3 Å². The summed E-state index contributed by atoms with van der Waals surface area (Å²) in [7, 11) is 0. The van der Waals surface area contributed by atoms with E-state index in [0.717, 1.165) is 32.8 Å². The van der Waals surface area contributed by atoms with Crippen LogP contribution in [0, 0.1) is 0 Å². The first kappa shape index (κ1) is 23.9. The van der Waals surface area contributed by atoms with E-state index in [1.165, 1.54) is 4.68 Å². The second-order valence-corrected chi connectivity index (χ2v) is 9.69. The van der Waals surface area contributed by atoms with E-state index >= 15 is 0 Å². The zero-order chi connectivity index (χ0) is 25.1. The average Bonchev–Trinajstić information content (AvgIpc) is 2.92. The van der Waals surface area contributed by atoms with Crippen LogP contribution >= 0.6 is 15.9 Å². The third-order valence-electron chi connectivity index (χ3n) is 6.36. The van der Waals surface area contributed by atoms with E-state index in [2.05, 4.69) is 35.8 Å². The Labute approximate surface area is 218 Å². The smallest absolute Gasteiger partial charge is 0.282 e. The van der Waals surface area contributed by atoms with Crippen LogP contribution in [0.5, 0.6) is 5.75 Å². The normalized spacial score (nSPS) is 12.4. The molecule has 0 saturated carbocycles. The maximum Gasteiger partial charge on any atom is 0.282 e. The quantitative estimate of drug-likeness (QED) is 0.204. The standard InChI is InChI=1S/C30H26BrN3O2/c1-3-20(2)29-33-27-15-14-23(31)17-25(27)30(35)34(29)32-18-26-24-12-8-7-11-22(24)13-16-28(26)36-19-21-9-5-4-6-10-21/h4-18,20H,3,19H2,1-2H3/t20-/m0/s1. The summed E-state index contributed by atoms with van der Waals surface area (Å²) in [5.41, 5.74) is 2.37. The van der Waals surface area contributed by atoms with Crippen LogP contribution in [0.2, 0.25) is 0 Å². The fourth-order valence-corrected chi connectivity index (χ4v) is 4.53. The van der Waals surface area contributed by atoms with Crippen LogP contribution in [0.25, 0.3) is 21.7 Å². The third-order valence-corrected chi connectivity index (χ3v) is 6.85. The lowest BCUT2D eigenvalue weighted by Gasteiger charge is -2.15. The fraction of sp³-hybridized carbons (Fsp3) is 0.167. The molecule has 0 aliphatic carbocycles. The molecular formula is C30H26BrN3O2. The van der Waals surface area contributed by atoms with E-state index in [0.29, 0.717) is 29.1 Å². The van der Waals surface area contributed by atoms with Crippen molar-refractivity contribution >= 4 is 43.8 Å². The maximum atomic E-state index is 13.6. The van der Waals surface area contributed by atoms with Gasteiger partial charge in [0, 0.05) is 16.0 Å². The Morgan fingerprint density at radius 2 is 1.78 bits per heavy atom. The first-order valence-corrected chi connectivity index (χ1v) is 12.8. The van der Waals surface area contributed by atoms with Crippen molar-refractivity contribution < 1.29 is 4.74 Å². The minimum absolute atomic E-state index is 0.0595. The molecule has 1 aromatic heterocycles. The van der Waals surface area contributed by atoms with E-state index in [9.17, 15) is 4.79 Å². The van der Waals surface area contributed by atoms with Crippen molar-refractivity contribution in [2.24, 2.45) is 5.10 Å². The molecule has 0 aliphatic rings. The Balaban J connectivity index is 1.64. The molecule has 0 spiro atoms. The molecule has 5 aromatic rings. The number of hydrogen-bond donors (Lipinski definition) is 0. The Kier molecular flexibility index (Phi) is 6.96. The Morgan fingerprint density at radius 3 is 2.58 bits per heavy atom. The monoisotopic (exact) mass is 539 g/mol. The summed E-state index contributed by atoms with van der Waals surface area (Å²) in [6.07, 6.45) is 2.56. The molecule has 4 aromatic carbocycles. The predicted molar refractivity (Wildman–Crippen MR) is 150 cm³/mol. The second-order valence-electron chi connectivity index (χ2n) is 8.78. The number of benzene rings is 4. The summed E-state index contributed by atoms with van der Waals surface area (Å²) < 4.78 is 8.50. The molecule has 6 heteroatoms. The molecule has 1 atom stereocenters. The fourth-order valence-electron chi connectivity index (χ4n) is 4.16. The zero-order valence-corrected chi connectivity index (χ0v) is 21.8. The van der Waals surface area contributed by atoms with Crippen LogP contribution < -0.4 is 10.3 Å². The van der Waals surface area contributed by atoms with Gasteiger partial charge in [0.1, 0.15) is 18.2 Å². The van der Waals surface area contributed by atoms with Gasteiger partial charge >= 0.3 is 0 Å². The van der Waals surface area contributed by atoms with Crippen LogP contribution in [0.1, 0.15) is 43.1 Å². The molecule has 5 nitrogen and oxygen atoms in total. The van der Waals surface area contributed by atoms with E-state index < -0.39 is 0 Å². The molecule has 36 heavy (non-hydrogen) atoms. The molecule has 0 unspecified atom stereocenters. The number of ether oxygens (including phenoxy) is 1. The first-order valence-electron chi connectivity index (χ1n) is 12.0. The topological polar surface area (TPSA) is 56.5 Å². The van der Waals surface area contributed by atoms with E-state index in [4.69, 9.17) is 14.8 Å². The van der Waals surface area contributed by atoms with Crippen molar-refractivity contribution in [3.05, 3.63) is 117 Å². The highest BCUT2D eigenvalue weighted by Crippen LogP contribution is 2.28. The number of fused-ring (bicyclic) bond motifs is 2. The number of nitrogens with zero attached hydrogens (tertiary/aromatic N) is 3. The number of hydrogen-bond acceptors (Lipinski definition) is 4. The lowest BCUT2D eigenvalue weighted by Crippen LogP contribution is -2.23. The summed E-state index contributed by atoms with van der Waals surface area (Å²) >= 11 is 3.47. The van der Waals surface area contributed by atoms with Gasteiger partial charge in [-0.2, -0.15) is 9.78 Å². The van der Waals surface area contributed by atoms with Crippen LogP contribution in [-0.4, -0.2) is 15.9 Å². The molecule has 0 N–H and O–H groups in total. The van der Waals surface area contributed by atoms with Gasteiger partial charge in [0.05, 0.1) is 17.1 Å². The molecule has 5 rings (SSSR count). The summed E-state index contributed by atoms with van der Waals surface area (Å²) in [6.45, 7) is 4.57. The summed E-state index contributed by atoms with van der Waals surface area (Å²) in [4.78, 5) is 18.4. The van der Waals surface area contributed by atoms with Crippen molar-refractivity contribution in [2.75, 3.05) is 0 Å². The molecule has 0 saturated heterocycles. The summed E-state index contributed by atoms with van der Waals surface area (Å²) in [6, 6.07) is 27.7. The average molecular weight is 540 g/mol. The van der Waals surface area contributed by atoms with E-state index in [1.807, 2.05) is 72.8 Å². The summed E-state index contributed by atoms with van der Waals surface area (Å²) in [5, 5.41) is 7.30. The molecular weight excluding hydrogens is 514 g/mol. The lowest BCUT2D eigenvalue weighted by molar-refractivity contribution is 0.306. The first-order chi connectivity index (χ1) is 17.5. The number of aromatic nitrogens is 2. The number of halogens is 1. The van der Waals surface area contributed by atoms with Crippen molar-refractivity contribution in [2.45, 2.75) is 32.8 Å². The van der Waals surface area contributed by atoms with Crippen molar-refractivity contribution in [3.63, 3.8) is 0 Å². The maximum absolute atomic E-state index is 13.6. The van der Waals surface area contributed by atoms with Gasteiger partial charge in [-0.15, -0.1) is 0 Å². The van der Waals surface area contributed by atoms with E-state index in [-0.39, 0.29) is 11.5 Å². The largest absolute Gasteiger partial charge is 0.488 e. The van der Waals surface area contributed by atoms with Gasteiger partial charge in [0.15, 0.2) is 0 Å². The van der Waals surface area contributed by atoms with Gasteiger partial charge < -0.3 is 4.74 Å². The van der Waals surface area contributed by atoms with Gasteiger partial charge in [0.25, 0.3) is 5.56 Å². The summed E-state index contributed by atoms with van der Waals surface area (Å²) in [5.74, 6) is 1.40. The van der Waals surface area contributed by atoms with Gasteiger partial charge in [-0.1, -0.05) is 90.4 Å². The van der Waals surface area contributed by atoms with Gasteiger partial charge in [-0.05, 0) is 47.0 Å². The minimum atomic E-state index is -0.195. The van der Waals surface area contributed by atoms with Crippen molar-refractivity contribution in [3.8, 4) is 5.75 Å². The van der Waals surface area contributed by atoms with Gasteiger partial charge in [-0.25, -0.2) is 4.98 Å². The lowest BCUT2D eigenvalue weighted by atomic mass is 10.0. The highest BCUT2D eigenvalue weighted by Gasteiger charge is 2.16. The molecule has 0 radical (unpaired) electrons. The van der Waals surface area contributed by atoms with Crippen molar-refractivity contribution in [1.82, 2.24) is 9.66 Å². The Hall–Kier alpha value is -3.77. The molecule has 1 heterocycles. The van der Waals surface area contributed by atoms with Crippen molar-refractivity contribution in [1.29, 1.82) is 0 Å². The van der Waals surface area contributed by atoms with Crippen LogP contribution in [0.3, 0.4) is 0 Å². The van der Waals surface area contributed by atoms with Gasteiger partial charge in [0.2, 0.25) is 0 Å². The second kappa shape index (κ2) is 10.5. The van der Waals surface area contributed by atoms with Crippen LogP contribution in [0.15, 0.2) is 99.3 Å². The highest BCUT2D eigenvalue weighted by molar-refractivity contribution is 9.10. The molecule has 0 aliphatic heterocycles. The van der Waals surface area contributed by atoms with Crippen LogP contribution in [0.4, 0.5) is 0 Å². The number of rotatable bonds is 7. The van der Waals surface area contributed by atoms with Crippen LogP contribution in [-0.2, 0) is 6.61 Å². The third kappa shape index (κ3) is 4.82. The highest BCUT2D eigenvalue weighted by atomic mass is 79.9. The predicted octanol–water partition coefficient (Wildman–Crippen LogP) is 7.29. The molecule has 0 fully saturated rings. The zero-order valence-electron chi connectivity index (χ0n) is 20.2. The Bertz CT molecular complexity index is 1630. The molecule has 0 bridgehead atoms. The SMILES string of the molecule is CC[C@H](C)c1nc2ccc(Br)cc2c(=O)n1N=Cc1c(OCc2ccccc2)ccc2ccccc12.